The van der Waals surface area contributed by atoms with Crippen molar-refractivity contribution in [1.82, 2.24) is 9.62 Å². The van der Waals surface area contributed by atoms with Crippen LogP contribution in [0.5, 0.6) is 0 Å². The van der Waals surface area contributed by atoms with Gasteiger partial charge in [0.25, 0.3) is 0 Å². The number of carbonyl (C=O) groups is 1. The number of benzene rings is 3. The van der Waals surface area contributed by atoms with Gasteiger partial charge in [-0.15, -0.1) is 0 Å². The summed E-state index contributed by atoms with van der Waals surface area (Å²) in [6.45, 7) is 0.362. The van der Waals surface area contributed by atoms with Crippen molar-refractivity contribution in [3.05, 3.63) is 99.8 Å². The van der Waals surface area contributed by atoms with Crippen molar-refractivity contribution in [3.8, 4) is 0 Å². The van der Waals surface area contributed by atoms with E-state index in [2.05, 4.69) is 21.2 Å². The van der Waals surface area contributed by atoms with Gasteiger partial charge in [-0.1, -0.05) is 52.3 Å². The fraction of sp³-hybridized carbons (Fsp3) is 0.174. The fourth-order valence-corrected chi connectivity index (χ4v) is 5.46. The number of rotatable bonds is 5. The van der Waals surface area contributed by atoms with Gasteiger partial charge in [0.1, 0.15) is 11.9 Å². The van der Waals surface area contributed by atoms with E-state index < -0.39 is 21.9 Å². The molecule has 31 heavy (non-hydrogen) atoms. The van der Waals surface area contributed by atoms with E-state index in [0.717, 1.165) is 33.3 Å². The molecule has 5 nitrogen and oxygen atoms in total. The topological polar surface area (TPSA) is 66.5 Å². The summed E-state index contributed by atoms with van der Waals surface area (Å²) in [5.74, 6) is -0.894. The van der Waals surface area contributed by atoms with Crippen molar-refractivity contribution in [1.29, 1.82) is 0 Å². The Labute approximate surface area is 189 Å². The van der Waals surface area contributed by atoms with E-state index in [1.165, 1.54) is 16.4 Å². The van der Waals surface area contributed by atoms with Crippen molar-refractivity contribution in [2.45, 2.75) is 30.4 Å². The summed E-state index contributed by atoms with van der Waals surface area (Å²) < 4.78 is 42.2. The molecule has 160 valence electrons. The summed E-state index contributed by atoms with van der Waals surface area (Å²) >= 11 is 3.38. The maximum Gasteiger partial charge on any atom is 0.244 e. The third-order valence-electron chi connectivity index (χ3n) is 5.31. The predicted octanol–water partition coefficient (Wildman–Crippen LogP) is 4.02. The smallest absolute Gasteiger partial charge is 0.244 e. The molecule has 1 amide bonds. The molecule has 8 heteroatoms. The zero-order chi connectivity index (χ0) is 22.0. The Kier molecular flexibility index (Phi) is 6.22. The van der Waals surface area contributed by atoms with Gasteiger partial charge in [0, 0.05) is 17.6 Å². The van der Waals surface area contributed by atoms with Crippen LogP contribution in [0.3, 0.4) is 0 Å². The molecular weight excluding hydrogens is 483 g/mol. The van der Waals surface area contributed by atoms with E-state index in [9.17, 15) is 17.6 Å². The molecule has 1 aliphatic rings. The number of amides is 1. The van der Waals surface area contributed by atoms with E-state index in [1.54, 1.807) is 0 Å². The van der Waals surface area contributed by atoms with E-state index >= 15 is 0 Å². The molecule has 1 aliphatic heterocycles. The summed E-state index contributed by atoms with van der Waals surface area (Å²) in [6, 6.07) is 18.8. The highest BCUT2D eigenvalue weighted by atomic mass is 79.9. The normalized spacial score (nSPS) is 16.5. The summed E-state index contributed by atoms with van der Waals surface area (Å²) in [7, 11) is -4.00. The fourth-order valence-electron chi connectivity index (χ4n) is 3.63. The molecule has 0 spiro atoms. The minimum absolute atomic E-state index is 0.0426. The minimum atomic E-state index is -4.00. The van der Waals surface area contributed by atoms with Gasteiger partial charge in [-0.25, -0.2) is 12.8 Å². The Morgan fingerprint density at radius 3 is 2.32 bits per heavy atom. The van der Waals surface area contributed by atoms with E-state index in [4.69, 9.17) is 0 Å². The lowest BCUT2D eigenvalue weighted by Gasteiger charge is -2.35. The van der Waals surface area contributed by atoms with E-state index in [-0.39, 0.29) is 30.3 Å². The molecule has 0 unspecified atom stereocenters. The van der Waals surface area contributed by atoms with Crippen LogP contribution in [0.4, 0.5) is 4.39 Å². The van der Waals surface area contributed by atoms with Crippen LogP contribution in [-0.4, -0.2) is 24.7 Å². The quantitative estimate of drug-likeness (QED) is 0.572. The largest absolute Gasteiger partial charge is 0.351 e. The van der Waals surface area contributed by atoms with Crippen LogP contribution in [0.15, 0.2) is 82.2 Å². The molecule has 0 bridgehead atoms. The molecule has 1 N–H and O–H groups in total. The molecule has 4 rings (SSSR count). The van der Waals surface area contributed by atoms with Crippen LogP contribution >= 0.6 is 15.9 Å². The Morgan fingerprint density at radius 2 is 1.65 bits per heavy atom. The zero-order valence-electron chi connectivity index (χ0n) is 16.5. The van der Waals surface area contributed by atoms with Crippen LogP contribution in [0.1, 0.15) is 16.7 Å². The summed E-state index contributed by atoms with van der Waals surface area (Å²) in [4.78, 5) is 13.1. The molecule has 0 saturated heterocycles. The molecule has 0 aliphatic carbocycles. The maximum absolute atomic E-state index is 13.4. The third-order valence-corrected chi connectivity index (χ3v) is 7.71. The van der Waals surface area contributed by atoms with Gasteiger partial charge in [-0.05, 0) is 59.5 Å². The number of nitrogens with zero attached hydrogens (tertiary/aromatic N) is 1. The first kappa shape index (κ1) is 21.7. The highest BCUT2D eigenvalue weighted by Crippen LogP contribution is 2.29. The molecule has 0 fully saturated rings. The van der Waals surface area contributed by atoms with E-state index in [0.29, 0.717) is 0 Å². The Bertz CT molecular complexity index is 1200. The molecule has 0 radical (unpaired) electrons. The van der Waals surface area contributed by atoms with Gasteiger partial charge < -0.3 is 5.32 Å². The second kappa shape index (κ2) is 8.90. The minimum Gasteiger partial charge on any atom is -0.351 e. The number of hydrogen-bond acceptors (Lipinski definition) is 3. The average molecular weight is 503 g/mol. The Balaban J connectivity index is 1.63. The van der Waals surface area contributed by atoms with Crippen molar-refractivity contribution < 1.29 is 17.6 Å². The number of carbonyl (C=O) groups excluding carboxylic acids is 1. The average Bonchev–Trinajstić information content (AvgIpc) is 2.78. The summed E-state index contributed by atoms with van der Waals surface area (Å²) in [5.41, 5.74) is 2.70. The maximum atomic E-state index is 13.4. The molecule has 3 aromatic carbocycles. The molecule has 0 saturated carbocycles. The number of halogens is 2. The van der Waals surface area contributed by atoms with Crippen molar-refractivity contribution in [2.75, 3.05) is 0 Å². The van der Waals surface area contributed by atoms with Gasteiger partial charge in [0.15, 0.2) is 0 Å². The Morgan fingerprint density at radius 1 is 1.00 bits per heavy atom. The first-order chi connectivity index (χ1) is 14.8. The van der Waals surface area contributed by atoms with Gasteiger partial charge in [0.05, 0.1) is 4.90 Å². The second-order valence-electron chi connectivity index (χ2n) is 7.34. The molecule has 3 aromatic rings. The predicted molar refractivity (Wildman–Crippen MR) is 119 cm³/mol. The standard InChI is InChI=1S/C23H20BrFN2O3S/c24-19-7-5-16(6-8-19)14-26-23(28)22-13-17-3-1-2-4-18(17)15-27(22)31(29,30)21-11-9-20(25)10-12-21/h1-12,22H,13-15H2,(H,26,28)/t22-/m1/s1. The van der Waals surface area contributed by atoms with Gasteiger partial charge in [-0.3, -0.25) is 4.79 Å². The van der Waals surface area contributed by atoms with Crippen molar-refractivity contribution in [2.24, 2.45) is 0 Å². The summed E-state index contributed by atoms with van der Waals surface area (Å²) in [5, 5.41) is 2.86. The van der Waals surface area contributed by atoms with Crippen molar-refractivity contribution in [3.63, 3.8) is 0 Å². The number of fused-ring (bicyclic) bond motifs is 1. The lowest BCUT2D eigenvalue weighted by atomic mass is 9.95. The highest BCUT2D eigenvalue weighted by Gasteiger charge is 2.39. The molecule has 1 atom stereocenters. The second-order valence-corrected chi connectivity index (χ2v) is 10.1. The molecule has 1 heterocycles. The van der Waals surface area contributed by atoms with Crippen LogP contribution in [0.2, 0.25) is 0 Å². The lowest BCUT2D eigenvalue weighted by molar-refractivity contribution is -0.125. The van der Waals surface area contributed by atoms with Gasteiger partial charge >= 0.3 is 0 Å². The zero-order valence-corrected chi connectivity index (χ0v) is 18.9. The molecular formula is C23H20BrFN2O3S. The van der Waals surface area contributed by atoms with Crippen LogP contribution in [0.25, 0.3) is 0 Å². The van der Waals surface area contributed by atoms with E-state index in [1.807, 2.05) is 48.5 Å². The van der Waals surface area contributed by atoms with Gasteiger partial charge in [-0.2, -0.15) is 4.31 Å². The van der Waals surface area contributed by atoms with Gasteiger partial charge in [0.2, 0.25) is 15.9 Å². The monoisotopic (exact) mass is 502 g/mol. The first-order valence-corrected chi connectivity index (χ1v) is 11.9. The Hall–Kier alpha value is -2.55. The number of hydrogen-bond donors (Lipinski definition) is 1. The number of sulfonamides is 1. The van der Waals surface area contributed by atoms with Crippen molar-refractivity contribution >= 4 is 31.9 Å². The lowest BCUT2D eigenvalue weighted by Crippen LogP contribution is -2.52. The first-order valence-electron chi connectivity index (χ1n) is 9.71. The van der Waals surface area contributed by atoms with Crippen LogP contribution < -0.4 is 5.32 Å². The van der Waals surface area contributed by atoms with Crippen LogP contribution in [0, 0.1) is 5.82 Å². The summed E-state index contributed by atoms with van der Waals surface area (Å²) in [6.07, 6.45) is 0.267. The number of nitrogens with one attached hydrogen (secondary N) is 1. The highest BCUT2D eigenvalue weighted by molar-refractivity contribution is 9.10. The molecule has 0 aromatic heterocycles. The SMILES string of the molecule is O=C(NCc1ccc(Br)cc1)[C@H]1Cc2ccccc2CN1S(=O)(=O)c1ccc(F)cc1. The van der Waals surface area contributed by atoms with Crippen LogP contribution in [-0.2, 0) is 34.3 Å². The third kappa shape index (κ3) is 4.71.